The summed E-state index contributed by atoms with van der Waals surface area (Å²) in [6.07, 6.45) is 4.54. The molecular weight excluding hydrogens is 640 g/mol. The molecule has 2 N–H and O–H groups in total. The van der Waals surface area contributed by atoms with Crippen LogP contribution in [0.15, 0.2) is 75.8 Å². The molecule has 4 rings (SSSR count). The number of alkyl carbamates (subject to hydrolysis) is 2. The lowest BCUT2D eigenvalue weighted by Crippen LogP contribution is -2.34. The van der Waals surface area contributed by atoms with Gasteiger partial charge >= 0.3 is 12.2 Å². The smallest absolute Gasteiger partial charge is 0.407 e. The number of nitrogens with zero attached hydrogens (tertiary/aromatic N) is 2. The minimum Gasteiger partial charge on any atom is -0.474 e. The minimum absolute atomic E-state index is 0.278. The highest BCUT2D eigenvalue weighted by molar-refractivity contribution is 5.68. The maximum Gasteiger partial charge on any atom is 0.407 e. The Morgan fingerprint density at radius 2 is 1.26 bits per heavy atom. The van der Waals surface area contributed by atoms with Gasteiger partial charge in [0.15, 0.2) is 11.5 Å². The van der Waals surface area contributed by atoms with Gasteiger partial charge in [0.1, 0.15) is 24.4 Å². The molecule has 0 saturated heterocycles. The molecule has 0 radical (unpaired) electrons. The van der Waals surface area contributed by atoms with Crippen LogP contribution in [-0.2, 0) is 15.9 Å². The number of hydrogen-bond donors (Lipinski definition) is 2. The molecule has 0 fully saturated rings. The number of nitrogens with one attached hydrogen (secondary N) is 2. The summed E-state index contributed by atoms with van der Waals surface area (Å²) in [5.74, 6) is 2.27. The summed E-state index contributed by atoms with van der Waals surface area (Å²) in [7, 11) is 0. The van der Waals surface area contributed by atoms with Crippen molar-refractivity contribution in [1.29, 1.82) is 0 Å². The van der Waals surface area contributed by atoms with Crippen LogP contribution in [0.3, 0.4) is 0 Å². The molecule has 0 unspecified atom stereocenters. The first-order valence-corrected chi connectivity index (χ1v) is 17.1. The van der Waals surface area contributed by atoms with Crippen molar-refractivity contribution in [2.75, 3.05) is 26.3 Å². The van der Waals surface area contributed by atoms with Crippen molar-refractivity contribution in [3.8, 4) is 34.4 Å². The van der Waals surface area contributed by atoms with Crippen molar-refractivity contribution < 1.29 is 37.6 Å². The van der Waals surface area contributed by atoms with E-state index < -0.39 is 23.4 Å². The molecule has 0 aliphatic heterocycles. The van der Waals surface area contributed by atoms with Crippen LogP contribution >= 0.6 is 0 Å². The van der Waals surface area contributed by atoms with Crippen LogP contribution in [0.25, 0.3) is 22.6 Å². The molecule has 2 aromatic carbocycles. The highest BCUT2D eigenvalue weighted by atomic mass is 16.6. The fourth-order valence-electron chi connectivity index (χ4n) is 4.48. The Hall–Kier alpha value is -5.00. The summed E-state index contributed by atoms with van der Waals surface area (Å²) in [6.45, 7) is 14.3. The highest BCUT2D eigenvalue weighted by Crippen LogP contribution is 2.32. The van der Waals surface area contributed by atoms with E-state index in [1.165, 1.54) is 12.8 Å². The molecule has 0 aliphatic carbocycles. The van der Waals surface area contributed by atoms with Crippen LogP contribution in [0.4, 0.5) is 9.59 Å². The summed E-state index contributed by atoms with van der Waals surface area (Å²) in [4.78, 5) is 23.1. The first kappa shape index (κ1) is 39.4. The second-order valence-electron chi connectivity index (χ2n) is 13.4. The molecule has 0 spiro atoms. The summed E-state index contributed by atoms with van der Waals surface area (Å²) < 4.78 is 32.3. The quantitative estimate of drug-likeness (QED) is 0.116. The van der Waals surface area contributed by atoms with Gasteiger partial charge in [-0.25, -0.2) is 9.59 Å². The van der Waals surface area contributed by atoms with Crippen LogP contribution < -0.4 is 20.1 Å². The molecule has 0 saturated carbocycles. The van der Waals surface area contributed by atoms with E-state index in [-0.39, 0.29) is 6.61 Å². The molecule has 2 aromatic heterocycles. The first-order chi connectivity index (χ1) is 23.8. The predicted octanol–water partition coefficient (Wildman–Crippen LogP) is 8.61. The molecule has 0 bridgehead atoms. The molecule has 12 nitrogen and oxygen atoms in total. The van der Waals surface area contributed by atoms with Crippen molar-refractivity contribution in [3.63, 3.8) is 0 Å². The Morgan fingerprint density at radius 3 is 1.82 bits per heavy atom. The van der Waals surface area contributed by atoms with Crippen molar-refractivity contribution in [2.45, 2.75) is 91.8 Å². The molecule has 2 amide bonds. The SMILES string of the molecule is CC(C)(C)OC(=O)NCCOc1cc(-c2ccccc2)on1.CCCCCCc1c(OCCNC(=O)OC(C)(C)C)noc1-c1ccccc1. The van der Waals surface area contributed by atoms with Crippen LogP contribution in [-0.4, -0.2) is 60.0 Å². The van der Waals surface area contributed by atoms with Gasteiger partial charge < -0.3 is 38.6 Å². The van der Waals surface area contributed by atoms with Gasteiger partial charge in [-0.05, 0) is 64.7 Å². The first-order valence-electron chi connectivity index (χ1n) is 17.1. The third-order valence-electron chi connectivity index (χ3n) is 6.64. The maximum atomic E-state index is 11.7. The van der Waals surface area contributed by atoms with Crippen molar-refractivity contribution in [1.82, 2.24) is 20.9 Å². The second kappa shape index (κ2) is 19.9. The van der Waals surface area contributed by atoms with Crippen molar-refractivity contribution in [2.24, 2.45) is 0 Å². The Labute approximate surface area is 295 Å². The zero-order valence-corrected chi connectivity index (χ0v) is 30.4. The van der Waals surface area contributed by atoms with E-state index in [1.807, 2.05) is 102 Å². The largest absolute Gasteiger partial charge is 0.474 e. The Bertz CT molecular complexity index is 1560. The number of amides is 2. The van der Waals surface area contributed by atoms with Gasteiger partial charge in [-0.3, -0.25) is 0 Å². The van der Waals surface area contributed by atoms with Gasteiger partial charge in [0.2, 0.25) is 0 Å². The summed E-state index contributed by atoms with van der Waals surface area (Å²) in [5, 5.41) is 13.2. The lowest BCUT2D eigenvalue weighted by Gasteiger charge is -2.19. The van der Waals surface area contributed by atoms with E-state index in [0.717, 1.165) is 41.7 Å². The number of rotatable bonds is 15. The number of aromatic nitrogens is 2. The number of carbonyl (C=O) groups is 2. The standard InChI is InChI=1S/C22H32N2O4.C16H20N2O4/c1-5-6-7-11-14-18-19(17-12-9-8-10-13-17)28-24-20(18)26-16-15-23-21(25)27-22(2,3)4;1-16(2,3)21-15(19)17-9-10-20-14-11-13(22-18-14)12-7-5-4-6-8-12/h8-10,12-13H,5-7,11,14-16H2,1-4H3,(H,23,25);4-8,11H,9-10H2,1-3H3,(H,17,19). The van der Waals surface area contributed by atoms with E-state index in [2.05, 4.69) is 27.9 Å². The zero-order chi connectivity index (χ0) is 36.4. The average Bonchev–Trinajstić information content (AvgIpc) is 3.70. The monoisotopic (exact) mass is 692 g/mol. The van der Waals surface area contributed by atoms with E-state index in [4.69, 9.17) is 28.0 Å². The zero-order valence-electron chi connectivity index (χ0n) is 30.4. The van der Waals surface area contributed by atoms with Crippen LogP contribution in [0, 0.1) is 0 Å². The molecule has 2 heterocycles. The molecule has 272 valence electrons. The lowest BCUT2D eigenvalue weighted by atomic mass is 10.0. The number of carbonyl (C=O) groups excluding carboxylic acids is 2. The molecular formula is C38H52N4O8. The van der Waals surface area contributed by atoms with Crippen LogP contribution in [0.1, 0.15) is 79.7 Å². The van der Waals surface area contributed by atoms with Gasteiger partial charge in [0.05, 0.1) is 18.7 Å². The van der Waals surface area contributed by atoms with E-state index in [1.54, 1.807) is 6.07 Å². The Kier molecular flexibility index (Phi) is 15.7. The summed E-state index contributed by atoms with van der Waals surface area (Å²) in [6, 6.07) is 21.3. The summed E-state index contributed by atoms with van der Waals surface area (Å²) in [5.41, 5.74) is 1.87. The van der Waals surface area contributed by atoms with Crippen molar-refractivity contribution >= 4 is 12.2 Å². The van der Waals surface area contributed by atoms with Gasteiger partial charge in [-0.1, -0.05) is 86.8 Å². The van der Waals surface area contributed by atoms with Crippen LogP contribution in [0.2, 0.25) is 0 Å². The number of hydrogen-bond acceptors (Lipinski definition) is 10. The normalized spacial score (nSPS) is 11.2. The maximum absolute atomic E-state index is 11.7. The fraction of sp³-hybridized carbons (Fsp3) is 0.474. The number of benzene rings is 2. The highest BCUT2D eigenvalue weighted by Gasteiger charge is 2.20. The molecule has 4 aromatic rings. The lowest BCUT2D eigenvalue weighted by molar-refractivity contribution is 0.0508. The minimum atomic E-state index is -0.521. The number of ether oxygens (including phenoxy) is 4. The van der Waals surface area contributed by atoms with E-state index in [0.29, 0.717) is 37.2 Å². The molecule has 0 atom stereocenters. The third kappa shape index (κ3) is 15.0. The Morgan fingerprint density at radius 1 is 0.700 bits per heavy atom. The average molecular weight is 693 g/mol. The van der Waals surface area contributed by atoms with E-state index in [9.17, 15) is 9.59 Å². The topological polar surface area (TPSA) is 147 Å². The number of unbranched alkanes of at least 4 members (excludes halogenated alkanes) is 3. The third-order valence-corrected chi connectivity index (χ3v) is 6.64. The van der Waals surface area contributed by atoms with Crippen LogP contribution in [0.5, 0.6) is 11.8 Å². The molecule has 0 aliphatic rings. The van der Waals surface area contributed by atoms with E-state index >= 15 is 0 Å². The van der Waals surface area contributed by atoms with Crippen molar-refractivity contribution in [3.05, 3.63) is 72.3 Å². The molecule has 50 heavy (non-hydrogen) atoms. The Balaban J connectivity index is 0.000000278. The van der Waals surface area contributed by atoms with Gasteiger partial charge in [-0.2, -0.15) is 0 Å². The van der Waals surface area contributed by atoms with Gasteiger partial charge in [-0.15, -0.1) is 0 Å². The van der Waals surface area contributed by atoms with Gasteiger partial charge in [0, 0.05) is 17.2 Å². The predicted molar refractivity (Wildman–Crippen MR) is 191 cm³/mol. The fourth-order valence-corrected chi connectivity index (χ4v) is 4.48. The second-order valence-corrected chi connectivity index (χ2v) is 13.4. The molecule has 12 heteroatoms. The summed E-state index contributed by atoms with van der Waals surface area (Å²) >= 11 is 0. The van der Waals surface area contributed by atoms with Gasteiger partial charge in [0.25, 0.3) is 11.8 Å².